The first-order valence-corrected chi connectivity index (χ1v) is 12.3. The van der Waals surface area contributed by atoms with Gasteiger partial charge in [0.25, 0.3) is 5.91 Å². The number of piperidine rings is 1. The van der Waals surface area contributed by atoms with Gasteiger partial charge in [0.05, 0.1) is 23.3 Å². The Morgan fingerprint density at radius 2 is 1.62 bits per heavy atom. The number of aliphatic hydroxyl groups is 1. The Hall–Kier alpha value is -2.03. The van der Waals surface area contributed by atoms with Gasteiger partial charge in [-0.05, 0) is 49.2 Å². The fraction of sp³-hybridized carbons (Fsp3) is 0.480. The molecule has 0 spiro atoms. The number of halogens is 2. The predicted molar refractivity (Wildman–Crippen MR) is 131 cm³/mol. The number of carbonyl (C=O) groups is 1. The lowest BCUT2D eigenvalue weighted by atomic mass is 9.92. The van der Waals surface area contributed by atoms with Crippen LogP contribution in [0.2, 0.25) is 10.0 Å². The minimum Gasteiger partial charge on any atom is -0.492 e. The Morgan fingerprint density at radius 1 is 0.941 bits per heavy atom. The average molecular weight is 509 g/mol. The lowest BCUT2D eigenvalue weighted by molar-refractivity contribution is -0.0475. The highest BCUT2D eigenvalue weighted by Gasteiger charge is 2.35. The topological polar surface area (TPSA) is 71.5 Å². The SMILES string of the molecule is O=C(c1ccc(OCCN2CCOCC2)cc1)N1CCC(O)(COc2ccc(Cl)c(Cl)c2)CC1. The van der Waals surface area contributed by atoms with Gasteiger partial charge in [-0.3, -0.25) is 9.69 Å². The van der Waals surface area contributed by atoms with Crippen LogP contribution in [0.25, 0.3) is 0 Å². The summed E-state index contributed by atoms with van der Waals surface area (Å²) in [6.07, 6.45) is 0.867. The Labute approximate surface area is 210 Å². The van der Waals surface area contributed by atoms with Crippen molar-refractivity contribution in [1.82, 2.24) is 9.80 Å². The minimum absolute atomic E-state index is 0.0488. The molecule has 2 aromatic carbocycles. The van der Waals surface area contributed by atoms with E-state index in [0.29, 0.717) is 53.9 Å². The summed E-state index contributed by atoms with van der Waals surface area (Å²) < 4.78 is 16.9. The molecule has 2 aliphatic heterocycles. The zero-order valence-electron chi connectivity index (χ0n) is 19.1. The van der Waals surface area contributed by atoms with E-state index in [-0.39, 0.29) is 12.5 Å². The van der Waals surface area contributed by atoms with Gasteiger partial charge in [0.2, 0.25) is 0 Å². The highest BCUT2D eigenvalue weighted by atomic mass is 35.5. The molecule has 1 N–H and O–H groups in total. The third-order valence-electron chi connectivity index (χ3n) is 6.26. The predicted octanol–water partition coefficient (Wildman–Crippen LogP) is 3.75. The maximum Gasteiger partial charge on any atom is 0.253 e. The minimum atomic E-state index is -0.999. The van der Waals surface area contributed by atoms with Gasteiger partial charge >= 0.3 is 0 Å². The van der Waals surface area contributed by atoms with E-state index in [1.165, 1.54) is 0 Å². The lowest BCUT2D eigenvalue weighted by Gasteiger charge is -2.38. The van der Waals surface area contributed by atoms with Crippen LogP contribution in [-0.4, -0.2) is 85.6 Å². The third kappa shape index (κ3) is 6.77. The van der Waals surface area contributed by atoms with E-state index < -0.39 is 5.60 Å². The van der Waals surface area contributed by atoms with Crippen molar-refractivity contribution in [2.75, 3.05) is 59.2 Å². The molecule has 4 rings (SSSR count). The van der Waals surface area contributed by atoms with Crippen LogP contribution in [0.15, 0.2) is 42.5 Å². The molecule has 0 radical (unpaired) electrons. The highest BCUT2D eigenvalue weighted by Crippen LogP contribution is 2.29. The smallest absolute Gasteiger partial charge is 0.253 e. The molecule has 2 fully saturated rings. The summed E-state index contributed by atoms with van der Waals surface area (Å²) in [5.74, 6) is 1.25. The van der Waals surface area contributed by atoms with E-state index in [1.807, 2.05) is 12.1 Å². The number of ether oxygens (including phenoxy) is 3. The first-order chi connectivity index (χ1) is 16.4. The number of amides is 1. The highest BCUT2D eigenvalue weighted by molar-refractivity contribution is 6.42. The van der Waals surface area contributed by atoms with Crippen molar-refractivity contribution in [3.05, 3.63) is 58.1 Å². The van der Waals surface area contributed by atoms with Gasteiger partial charge < -0.3 is 24.2 Å². The number of hydrogen-bond acceptors (Lipinski definition) is 6. The molecule has 7 nitrogen and oxygen atoms in total. The monoisotopic (exact) mass is 508 g/mol. The number of morpholine rings is 1. The van der Waals surface area contributed by atoms with E-state index in [4.69, 9.17) is 37.4 Å². The van der Waals surface area contributed by atoms with Crippen molar-refractivity contribution in [2.24, 2.45) is 0 Å². The normalized spacial score (nSPS) is 18.5. The molecule has 0 saturated carbocycles. The number of likely N-dealkylation sites (tertiary alicyclic amines) is 1. The van der Waals surface area contributed by atoms with Crippen molar-refractivity contribution < 1.29 is 24.1 Å². The molecule has 34 heavy (non-hydrogen) atoms. The second-order valence-electron chi connectivity index (χ2n) is 8.71. The summed E-state index contributed by atoms with van der Waals surface area (Å²) in [5, 5.41) is 11.7. The van der Waals surface area contributed by atoms with Gasteiger partial charge in [-0.1, -0.05) is 23.2 Å². The maximum absolute atomic E-state index is 12.9. The Balaban J connectivity index is 1.22. The van der Waals surface area contributed by atoms with Gasteiger partial charge in [-0.25, -0.2) is 0 Å². The molecular weight excluding hydrogens is 479 g/mol. The van der Waals surface area contributed by atoms with E-state index >= 15 is 0 Å². The number of benzene rings is 2. The maximum atomic E-state index is 12.9. The second kappa shape index (κ2) is 11.6. The molecule has 0 atom stereocenters. The summed E-state index contributed by atoms with van der Waals surface area (Å²) in [4.78, 5) is 17.0. The van der Waals surface area contributed by atoms with Gasteiger partial charge in [-0.2, -0.15) is 0 Å². The van der Waals surface area contributed by atoms with Gasteiger partial charge in [0.15, 0.2) is 0 Å². The van der Waals surface area contributed by atoms with Crippen molar-refractivity contribution >= 4 is 29.1 Å². The fourth-order valence-corrected chi connectivity index (χ4v) is 4.34. The molecule has 2 aliphatic rings. The van der Waals surface area contributed by atoms with E-state index in [0.717, 1.165) is 38.6 Å². The number of nitrogens with zero attached hydrogens (tertiary/aromatic N) is 2. The Bertz CT molecular complexity index is 958. The van der Waals surface area contributed by atoms with Crippen molar-refractivity contribution in [3.63, 3.8) is 0 Å². The summed E-state index contributed by atoms with van der Waals surface area (Å²) >= 11 is 11.9. The number of carbonyl (C=O) groups excluding carboxylic acids is 1. The zero-order valence-corrected chi connectivity index (χ0v) is 20.6. The summed E-state index contributed by atoms with van der Waals surface area (Å²) in [6, 6.07) is 12.2. The molecule has 0 bridgehead atoms. The van der Waals surface area contributed by atoms with E-state index in [1.54, 1.807) is 35.2 Å². The molecule has 2 heterocycles. The molecule has 0 unspecified atom stereocenters. The van der Waals surface area contributed by atoms with Crippen LogP contribution in [0.1, 0.15) is 23.2 Å². The van der Waals surface area contributed by atoms with E-state index in [9.17, 15) is 9.90 Å². The molecule has 2 saturated heterocycles. The average Bonchev–Trinajstić information content (AvgIpc) is 2.86. The molecule has 0 aromatic heterocycles. The molecule has 184 valence electrons. The Kier molecular flexibility index (Phi) is 8.55. The molecule has 2 aromatic rings. The third-order valence-corrected chi connectivity index (χ3v) is 7.00. The quantitative estimate of drug-likeness (QED) is 0.585. The van der Waals surface area contributed by atoms with Crippen LogP contribution in [0, 0.1) is 0 Å². The second-order valence-corrected chi connectivity index (χ2v) is 9.52. The summed E-state index contributed by atoms with van der Waals surface area (Å²) in [7, 11) is 0. The lowest BCUT2D eigenvalue weighted by Crippen LogP contribution is -2.49. The zero-order chi connectivity index (χ0) is 24.0. The van der Waals surface area contributed by atoms with Crippen molar-refractivity contribution in [2.45, 2.75) is 18.4 Å². The molecule has 1 amide bonds. The van der Waals surface area contributed by atoms with Gasteiger partial charge in [-0.15, -0.1) is 0 Å². The summed E-state index contributed by atoms with van der Waals surface area (Å²) in [6.45, 7) is 5.91. The fourth-order valence-electron chi connectivity index (χ4n) is 4.05. The first kappa shape index (κ1) is 25.1. The van der Waals surface area contributed by atoms with Crippen LogP contribution < -0.4 is 9.47 Å². The van der Waals surface area contributed by atoms with E-state index in [2.05, 4.69) is 4.90 Å². The standard InChI is InChI=1S/C25H30Cl2N2O5/c26-22-6-5-21(17-23(22)27)34-18-25(31)7-9-29(10-8-25)24(30)19-1-3-20(4-2-19)33-16-13-28-11-14-32-15-12-28/h1-6,17,31H,7-16,18H2. The largest absolute Gasteiger partial charge is 0.492 e. The summed E-state index contributed by atoms with van der Waals surface area (Å²) in [5.41, 5.74) is -0.390. The van der Waals surface area contributed by atoms with Crippen molar-refractivity contribution in [1.29, 1.82) is 0 Å². The van der Waals surface area contributed by atoms with Crippen LogP contribution in [-0.2, 0) is 4.74 Å². The van der Waals surface area contributed by atoms with Crippen LogP contribution in [0.5, 0.6) is 11.5 Å². The first-order valence-electron chi connectivity index (χ1n) is 11.5. The molecular formula is C25H30Cl2N2O5. The number of rotatable bonds is 8. The number of hydrogen-bond donors (Lipinski definition) is 1. The van der Waals surface area contributed by atoms with Crippen LogP contribution >= 0.6 is 23.2 Å². The van der Waals surface area contributed by atoms with Gasteiger partial charge in [0.1, 0.15) is 30.3 Å². The van der Waals surface area contributed by atoms with Crippen molar-refractivity contribution in [3.8, 4) is 11.5 Å². The molecule has 0 aliphatic carbocycles. The van der Waals surface area contributed by atoms with Crippen LogP contribution in [0.4, 0.5) is 0 Å². The Morgan fingerprint density at radius 3 is 2.29 bits per heavy atom. The van der Waals surface area contributed by atoms with Gasteiger partial charge in [0, 0.05) is 44.4 Å². The van der Waals surface area contributed by atoms with Crippen LogP contribution in [0.3, 0.4) is 0 Å². The molecule has 9 heteroatoms.